The van der Waals surface area contributed by atoms with Crippen molar-refractivity contribution in [2.75, 3.05) is 38.2 Å². The van der Waals surface area contributed by atoms with Gasteiger partial charge in [-0.3, -0.25) is 9.59 Å². The van der Waals surface area contributed by atoms with Crippen LogP contribution in [0.3, 0.4) is 0 Å². The number of aromatic nitrogens is 1. The molecule has 2 N–H and O–H groups in total. The number of aryl methyl sites for hydroxylation is 1. The Morgan fingerprint density at radius 2 is 1.79 bits per heavy atom. The largest absolute Gasteiger partial charge is 0.456 e. The summed E-state index contributed by atoms with van der Waals surface area (Å²) >= 11 is 0. The number of amides is 1. The Bertz CT molecular complexity index is 1230. The predicted octanol–water partition coefficient (Wildman–Crippen LogP) is 2.30. The third kappa shape index (κ3) is 5.59. The van der Waals surface area contributed by atoms with Crippen molar-refractivity contribution >= 4 is 38.5 Å². The molecule has 0 atom stereocenters. The molecule has 174 valence electrons. The average Bonchev–Trinajstić information content (AvgIpc) is 3.25. The molecule has 2 heterocycles. The molecule has 2 aromatic carbocycles. The number of hydrogen-bond donors (Lipinski definition) is 2. The Morgan fingerprint density at radius 3 is 2.55 bits per heavy atom. The molecule has 0 radical (unpaired) electrons. The lowest BCUT2D eigenvalue weighted by atomic mass is 10.1. The first-order valence-electron chi connectivity index (χ1n) is 10.6. The number of carbonyl (C=O) groups is 2. The molecule has 0 unspecified atom stereocenters. The maximum absolute atomic E-state index is 12.6. The summed E-state index contributed by atoms with van der Waals surface area (Å²) in [4.78, 5) is 27.5. The van der Waals surface area contributed by atoms with Crippen LogP contribution in [0, 0.1) is 0 Å². The Morgan fingerprint density at radius 1 is 1.06 bits per heavy atom. The van der Waals surface area contributed by atoms with Crippen LogP contribution in [0.25, 0.3) is 10.9 Å². The second kappa shape index (κ2) is 10.2. The number of nitrogens with zero attached hydrogens (tertiary/aromatic N) is 1. The number of rotatable bonds is 8. The number of carbonyl (C=O) groups excluding carboxylic acids is 2. The highest BCUT2D eigenvalue weighted by molar-refractivity contribution is 7.89. The van der Waals surface area contributed by atoms with Gasteiger partial charge >= 0.3 is 5.97 Å². The molecule has 1 aliphatic heterocycles. The minimum absolute atomic E-state index is 0.145. The molecule has 4 rings (SSSR count). The molecular weight excluding hydrogens is 446 g/mol. The lowest BCUT2D eigenvalue weighted by Gasteiger charge is -2.26. The molecular formula is C23H25N3O6S. The standard InChI is InChI=1S/C23H25N3O6S/c27-22(16-32-23(28)10-5-17-15-24-21-4-2-1-3-20(17)21)25-18-6-8-19(9-7-18)33(29,30)26-11-13-31-14-12-26/h1-4,6-9,15,24H,5,10-14,16H2,(H,25,27). The van der Waals surface area contributed by atoms with Crippen molar-refractivity contribution in [2.45, 2.75) is 17.7 Å². The monoisotopic (exact) mass is 471 g/mol. The second-order valence-electron chi connectivity index (χ2n) is 7.61. The van der Waals surface area contributed by atoms with E-state index in [2.05, 4.69) is 10.3 Å². The summed E-state index contributed by atoms with van der Waals surface area (Å²) < 4.78 is 36.9. The average molecular weight is 472 g/mol. The molecule has 0 saturated carbocycles. The topological polar surface area (TPSA) is 118 Å². The fraction of sp³-hybridized carbons (Fsp3) is 0.304. The predicted molar refractivity (Wildman–Crippen MR) is 122 cm³/mol. The zero-order valence-electron chi connectivity index (χ0n) is 18.0. The number of fused-ring (bicyclic) bond motifs is 1. The van der Waals surface area contributed by atoms with Gasteiger partial charge in [0.2, 0.25) is 10.0 Å². The molecule has 0 bridgehead atoms. The van der Waals surface area contributed by atoms with E-state index in [-0.39, 0.29) is 11.3 Å². The summed E-state index contributed by atoms with van der Waals surface area (Å²) in [5, 5.41) is 3.66. The molecule has 3 aromatic rings. The van der Waals surface area contributed by atoms with E-state index in [0.29, 0.717) is 38.4 Å². The van der Waals surface area contributed by atoms with Gasteiger partial charge in [-0.05, 0) is 42.3 Å². The molecule has 33 heavy (non-hydrogen) atoms. The van der Waals surface area contributed by atoms with Crippen molar-refractivity contribution in [2.24, 2.45) is 0 Å². The highest BCUT2D eigenvalue weighted by atomic mass is 32.2. The zero-order valence-corrected chi connectivity index (χ0v) is 18.8. The van der Waals surface area contributed by atoms with Crippen LogP contribution in [-0.4, -0.2) is 62.5 Å². The second-order valence-corrected chi connectivity index (χ2v) is 9.55. The smallest absolute Gasteiger partial charge is 0.306 e. The minimum Gasteiger partial charge on any atom is -0.456 e. The van der Waals surface area contributed by atoms with Gasteiger partial charge in [-0.1, -0.05) is 18.2 Å². The molecule has 0 spiro atoms. The first-order valence-corrected chi connectivity index (χ1v) is 12.1. The summed E-state index contributed by atoms with van der Waals surface area (Å²) in [6, 6.07) is 13.7. The first-order chi connectivity index (χ1) is 15.9. The number of benzene rings is 2. The van der Waals surface area contributed by atoms with Gasteiger partial charge in [0.05, 0.1) is 18.1 Å². The van der Waals surface area contributed by atoms with Crippen LogP contribution < -0.4 is 5.32 Å². The summed E-state index contributed by atoms with van der Waals surface area (Å²) in [7, 11) is -3.60. The van der Waals surface area contributed by atoms with E-state index in [0.717, 1.165) is 16.5 Å². The molecule has 9 nitrogen and oxygen atoms in total. The summed E-state index contributed by atoms with van der Waals surface area (Å²) in [5.74, 6) is -0.971. The number of hydrogen-bond acceptors (Lipinski definition) is 6. The minimum atomic E-state index is -3.60. The molecule has 1 saturated heterocycles. The number of ether oxygens (including phenoxy) is 2. The number of anilines is 1. The number of sulfonamides is 1. The van der Waals surface area contributed by atoms with Gasteiger partial charge in [-0.2, -0.15) is 4.31 Å². The van der Waals surface area contributed by atoms with Crippen LogP contribution >= 0.6 is 0 Å². The maximum atomic E-state index is 12.6. The Labute approximate surface area is 191 Å². The molecule has 1 aromatic heterocycles. The van der Waals surface area contributed by atoms with Crippen LogP contribution in [0.5, 0.6) is 0 Å². The number of para-hydroxylation sites is 1. The summed E-state index contributed by atoms with van der Waals surface area (Å²) in [5.41, 5.74) is 2.43. The van der Waals surface area contributed by atoms with E-state index in [1.807, 2.05) is 30.5 Å². The highest BCUT2D eigenvalue weighted by Gasteiger charge is 2.26. The Hall–Kier alpha value is -3.21. The molecule has 10 heteroatoms. The summed E-state index contributed by atoms with van der Waals surface area (Å²) in [6.45, 7) is 0.946. The van der Waals surface area contributed by atoms with E-state index in [4.69, 9.17) is 9.47 Å². The fourth-order valence-electron chi connectivity index (χ4n) is 3.64. The third-order valence-corrected chi connectivity index (χ3v) is 7.30. The lowest BCUT2D eigenvalue weighted by molar-refractivity contribution is -0.147. The third-order valence-electron chi connectivity index (χ3n) is 5.38. The van der Waals surface area contributed by atoms with Crippen molar-refractivity contribution in [3.63, 3.8) is 0 Å². The van der Waals surface area contributed by atoms with Gasteiger partial charge in [0.1, 0.15) is 0 Å². The van der Waals surface area contributed by atoms with Gasteiger partial charge < -0.3 is 19.8 Å². The number of H-pyrrole nitrogens is 1. The molecule has 1 aliphatic rings. The van der Waals surface area contributed by atoms with Crippen molar-refractivity contribution in [3.05, 3.63) is 60.3 Å². The van der Waals surface area contributed by atoms with Crippen LogP contribution in [-0.2, 0) is 35.5 Å². The van der Waals surface area contributed by atoms with Crippen LogP contribution in [0.4, 0.5) is 5.69 Å². The molecule has 1 amide bonds. The van der Waals surface area contributed by atoms with Crippen molar-refractivity contribution in [1.82, 2.24) is 9.29 Å². The number of morpholine rings is 1. The van der Waals surface area contributed by atoms with Crippen molar-refractivity contribution in [1.29, 1.82) is 0 Å². The highest BCUT2D eigenvalue weighted by Crippen LogP contribution is 2.20. The van der Waals surface area contributed by atoms with E-state index in [1.54, 1.807) is 0 Å². The number of nitrogens with one attached hydrogen (secondary N) is 2. The normalized spacial score (nSPS) is 14.8. The van der Waals surface area contributed by atoms with Crippen LogP contribution in [0.2, 0.25) is 0 Å². The van der Waals surface area contributed by atoms with Gasteiger partial charge in [-0.25, -0.2) is 8.42 Å². The first kappa shape index (κ1) is 23.0. The lowest BCUT2D eigenvalue weighted by Crippen LogP contribution is -2.40. The Balaban J connectivity index is 1.24. The zero-order chi connectivity index (χ0) is 23.3. The SMILES string of the molecule is O=C(COC(=O)CCc1c[nH]c2ccccc12)Nc1ccc(S(=O)(=O)N2CCOCC2)cc1. The maximum Gasteiger partial charge on any atom is 0.306 e. The van der Waals surface area contributed by atoms with Crippen molar-refractivity contribution < 1.29 is 27.5 Å². The molecule has 1 fully saturated rings. The number of esters is 1. The van der Waals surface area contributed by atoms with Gasteiger partial charge in [0, 0.05) is 42.3 Å². The number of aromatic amines is 1. The van der Waals surface area contributed by atoms with Gasteiger partial charge in [0.15, 0.2) is 6.61 Å². The van der Waals surface area contributed by atoms with Crippen LogP contribution in [0.15, 0.2) is 59.6 Å². The van der Waals surface area contributed by atoms with Crippen LogP contribution in [0.1, 0.15) is 12.0 Å². The van der Waals surface area contributed by atoms with Crippen molar-refractivity contribution in [3.8, 4) is 0 Å². The summed E-state index contributed by atoms with van der Waals surface area (Å²) in [6.07, 6.45) is 2.53. The fourth-order valence-corrected chi connectivity index (χ4v) is 5.04. The Kier molecular flexibility index (Phi) is 7.07. The van der Waals surface area contributed by atoms with E-state index in [1.165, 1.54) is 28.6 Å². The van der Waals surface area contributed by atoms with E-state index < -0.39 is 28.5 Å². The quantitative estimate of drug-likeness (QED) is 0.487. The molecule has 0 aliphatic carbocycles. The van der Waals surface area contributed by atoms with Gasteiger partial charge in [0.25, 0.3) is 5.91 Å². The van der Waals surface area contributed by atoms with E-state index in [9.17, 15) is 18.0 Å². The van der Waals surface area contributed by atoms with E-state index >= 15 is 0 Å². The van der Waals surface area contributed by atoms with Gasteiger partial charge in [-0.15, -0.1) is 0 Å².